The Morgan fingerprint density at radius 1 is 1.36 bits per heavy atom. The van der Waals surface area contributed by atoms with Gasteiger partial charge in [0.15, 0.2) is 0 Å². The lowest BCUT2D eigenvalue weighted by molar-refractivity contribution is 0.0941. The van der Waals surface area contributed by atoms with Crippen LogP contribution in [0.4, 0.5) is 0 Å². The van der Waals surface area contributed by atoms with Gasteiger partial charge in [-0.3, -0.25) is 9.59 Å². The van der Waals surface area contributed by atoms with E-state index in [1.807, 2.05) is 0 Å². The molecule has 1 fully saturated rings. The van der Waals surface area contributed by atoms with Gasteiger partial charge in [0, 0.05) is 25.2 Å². The Labute approximate surface area is 133 Å². The average Bonchev–Trinajstić information content (AvgIpc) is 3.19. The molecule has 2 aromatic rings. The Balaban J connectivity index is 1.77. The first-order valence-electron chi connectivity index (χ1n) is 7.59. The first kappa shape index (κ1) is 15.0. The van der Waals surface area contributed by atoms with Gasteiger partial charge in [-0.25, -0.2) is 0 Å². The van der Waals surface area contributed by atoms with Crippen LogP contribution in [-0.2, 0) is 12.5 Å². The van der Waals surface area contributed by atoms with Gasteiger partial charge in [-0.2, -0.15) is 11.3 Å². The molecule has 1 N–H and O–H groups in total. The zero-order valence-corrected chi connectivity index (χ0v) is 13.5. The van der Waals surface area contributed by atoms with Crippen LogP contribution < -0.4 is 10.9 Å². The highest BCUT2D eigenvalue weighted by atomic mass is 32.1. The topological polar surface area (TPSA) is 51.1 Å². The van der Waals surface area contributed by atoms with Crippen LogP contribution in [0.3, 0.4) is 0 Å². The van der Waals surface area contributed by atoms with E-state index in [-0.39, 0.29) is 22.4 Å². The van der Waals surface area contributed by atoms with Gasteiger partial charge >= 0.3 is 0 Å². The van der Waals surface area contributed by atoms with Gasteiger partial charge in [-0.1, -0.05) is 12.8 Å². The molecule has 0 atom stereocenters. The van der Waals surface area contributed by atoms with Crippen molar-refractivity contribution in [1.82, 2.24) is 9.88 Å². The maximum atomic E-state index is 12.4. The summed E-state index contributed by atoms with van der Waals surface area (Å²) in [6.07, 6.45) is 6.23. The monoisotopic (exact) mass is 316 g/mol. The minimum Gasteiger partial charge on any atom is -0.351 e. The number of aromatic nitrogens is 1. The Kier molecular flexibility index (Phi) is 4.16. The predicted molar refractivity (Wildman–Crippen MR) is 88.5 cm³/mol. The van der Waals surface area contributed by atoms with Crippen LogP contribution in [0.25, 0.3) is 0 Å². The van der Waals surface area contributed by atoms with Crippen molar-refractivity contribution in [2.45, 2.75) is 31.1 Å². The fourth-order valence-electron chi connectivity index (χ4n) is 3.30. The van der Waals surface area contributed by atoms with E-state index in [4.69, 9.17) is 0 Å². The molecular formula is C17H20N2O2S. The highest BCUT2D eigenvalue weighted by Gasteiger charge is 2.36. The van der Waals surface area contributed by atoms with Crippen molar-refractivity contribution in [2.75, 3.05) is 6.54 Å². The maximum absolute atomic E-state index is 12.4. The maximum Gasteiger partial charge on any atom is 0.263 e. The molecule has 0 bridgehead atoms. The summed E-state index contributed by atoms with van der Waals surface area (Å²) in [6, 6.07) is 5.47. The van der Waals surface area contributed by atoms with Gasteiger partial charge in [0.2, 0.25) is 0 Å². The van der Waals surface area contributed by atoms with E-state index in [2.05, 4.69) is 22.1 Å². The van der Waals surface area contributed by atoms with E-state index in [0.29, 0.717) is 6.54 Å². The first-order valence-corrected chi connectivity index (χ1v) is 8.53. The van der Waals surface area contributed by atoms with Crippen molar-refractivity contribution in [3.63, 3.8) is 0 Å². The number of nitrogens with one attached hydrogen (secondary N) is 1. The molecule has 0 spiro atoms. The fourth-order valence-corrected chi connectivity index (χ4v) is 4.08. The van der Waals surface area contributed by atoms with E-state index >= 15 is 0 Å². The second-order valence-corrected chi connectivity index (χ2v) is 6.80. The lowest BCUT2D eigenvalue weighted by Crippen LogP contribution is -2.40. The van der Waals surface area contributed by atoms with E-state index in [9.17, 15) is 9.59 Å². The number of pyridine rings is 1. The zero-order chi connectivity index (χ0) is 15.6. The van der Waals surface area contributed by atoms with Crippen molar-refractivity contribution in [1.29, 1.82) is 0 Å². The molecule has 4 nitrogen and oxygen atoms in total. The predicted octanol–water partition coefficient (Wildman–Crippen LogP) is 2.69. The highest BCUT2D eigenvalue weighted by molar-refractivity contribution is 7.08. The molecule has 1 aliphatic carbocycles. The zero-order valence-electron chi connectivity index (χ0n) is 12.7. The van der Waals surface area contributed by atoms with E-state index in [1.165, 1.54) is 23.0 Å². The van der Waals surface area contributed by atoms with Crippen molar-refractivity contribution < 1.29 is 4.79 Å². The molecule has 3 rings (SSSR count). The van der Waals surface area contributed by atoms with Gasteiger partial charge in [0.1, 0.15) is 5.56 Å². The van der Waals surface area contributed by atoms with Crippen LogP contribution in [0.15, 0.2) is 40.0 Å². The van der Waals surface area contributed by atoms with Crippen molar-refractivity contribution in [3.8, 4) is 0 Å². The minimum absolute atomic E-state index is 0.0374. The quantitative estimate of drug-likeness (QED) is 0.943. The standard InChI is InChI=1S/C17H20N2O2S/c1-19-9-4-5-14(16(19)21)15(20)18-12-17(7-2-3-8-17)13-6-10-22-11-13/h4-6,9-11H,2-3,7-8,12H2,1H3,(H,18,20). The number of hydrogen-bond donors (Lipinski definition) is 1. The lowest BCUT2D eigenvalue weighted by Gasteiger charge is -2.28. The fraction of sp³-hybridized carbons (Fsp3) is 0.412. The first-order chi connectivity index (χ1) is 10.6. The van der Waals surface area contributed by atoms with E-state index < -0.39 is 0 Å². The summed E-state index contributed by atoms with van der Waals surface area (Å²) in [5.74, 6) is -0.275. The van der Waals surface area contributed by atoms with Crippen LogP contribution in [0, 0.1) is 0 Å². The highest BCUT2D eigenvalue weighted by Crippen LogP contribution is 2.41. The third kappa shape index (κ3) is 2.73. The molecule has 116 valence electrons. The van der Waals surface area contributed by atoms with Gasteiger partial charge in [0.25, 0.3) is 11.5 Å². The Morgan fingerprint density at radius 3 is 2.82 bits per heavy atom. The largest absolute Gasteiger partial charge is 0.351 e. The molecule has 1 saturated carbocycles. The van der Waals surface area contributed by atoms with Crippen molar-refractivity contribution in [3.05, 3.63) is 56.6 Å². The summed E-state index contributed by atoms with van der Waals surface area (Å²) >= 11 is 1.69. The Hall–Kier alpha value is -1.88. The van der Waals surface area contributed by atoms with Gasteiger partial charge in [-0.15, -0.1) is 0 Å². The summed E-state index contributed by atoms with van der Waals surface area (Å²) < 4.78 is 1.43. The van der Waals surface area contributed by atoms with Gasteiger partial charge in [-0.05, 0) is 47.4 Å². The molecule has 0 aromatic carbocycles. The van der Waals surface area contributed by atoms with Crippen LogP contribution in [-0.4, -0.2) is 17.0 Å². The molecule has 5 heteroatoms. The number of thiophene rings is 1. The average molecular weight is 316 g/mol. The van der Waals surface area contributed by atoms with Crippen LogP contribution in [0.2, 0.25) is 0 Å². The number of rotatable bonds is 4. The van der Waals surface area contributed by atoms with Crippen molar-refractivity contribution >= 4 is 17.2 Å². The Bertz CT molecular complexity index is 713. The van der Waals surface area contributed by atoms with Gasteiger partial charge < -0.3 is 9.88 Å². The second kappa shape index (κ2) is 6.08. The molecule has 2 heterocycles. The number of nitrogens with zero attached hydrogens (tertiary/aromatic N) is 1. The number of hydrogen-bond acceptors (Lipinski definition) is 3. The molecule has 2 aromatic heterocycles. The minimum atomic E-state index is -0.275. The second-order valence-electron chi connectivity index (χ2n) is 6.02. The molecule has 0 saturated heterocycles. The third-order valence-corrected chi connectivity index (χ3v) is 5.33. The summed E-state index contributed by atoms with van der Waals surface area (Å²) in [5, 5.41) is 7.26. The van der Waals surface area contributed by atoms with Crippen LogP contribution in [0.1, 0.15) is 41.6 Å². The lowest BCUT2D eigenvalue weighted by atomic mass is 9.80. The normalized spacial score (nSPS) is 16.6. The van der Waals surface area contributed by atoms with E-state index in [1.54, 1.807) is 36.7 Å². The number of carbonyl (C=O) groups is 1. The van der Waals surface area contributed by atoms with Crippen LogP contribution in [0.5, 0.6) is 0 Å². The van der Waals surface area contributed by atoms with E-state index in [0.717, 1.165) is 12.8 Å². The molecule has 1 amide bonds. The van der Waals surface area contributed by atoms with Crippen LogP contribution >= 0.6 is 11.3 Å². The SMILES string of the molecule is Cn1cccc(C(=O)NCC2(c3ccsc3)CCCC2)c1=O. The molecule has 0 radical (unpaired) electrons. The number of aryl methyl sites for hydroxylation is 1. The van der Waals surface area contributed by atoms with Crippen molar-refractivity contribution in [2.24, 2.45) is 7.05 Å². The number of amides is 1. The molecule has 1 aliphatic rings. The molecule has 0 unspecified atom stereocenters. The molecule has 0 aliphatic heterocycles. The summed E-state index contributed by atoms with van der Waals surface area (Å²) in [5.41, 5.74) is 1.31. The summed E-state index contributed by atoms with van der Waals surface area (Å²) in [4.78, 5) is 24.4. The summed E-state index contributed by atoms with van der Waals surface area (Å²) in [7, 11) is 1.66. The van der Waals surface area contributed by atoms with Gasteiger partial charge in [0.05, 0.1) is 0 Å². The molecular weight excluding hydrogens is 296 g/mol. The third-order valence-electron chi connectivity index (χ3n) is 4.65. The number of carbonyl (C=O) groups excluding carboxylic acids is 1. The molecule has 22 heavy (non-hydrogen) atoms. The summed E-state index contributed by atoms with van der Waals surface area (Å²) in [6.45, 7) is 0.598. The Morgan fingerprint density at radius 2 is 2.14 bits per heavy atom. The smallest absolute Gasteiger partial charge is 0.263 e.